The van der Waals surface area contributed by atoms with Crippen molar-refractivity contribution in [3.05, 3.63) is 0 Å². The van der Waals surface area contributed by atoms with Gasteiger partial charge in [-0.15, -0.1) is 0 Å². The summed E-state index contributed by atoms with van der Waals surface area (Å²) >= 11 is 3.36. The van der Waals surface area contributed by atoms with Crippen molar-refractivity contribution in [1.29, 1.82) is 0 Å². The summed E-state index contributed by atoms with van der Waals surface area (Å²) < 4.78 is 35.5. The van der Waals surface area contributed by atoms with Gasteiger partial charge in [0, 0.05) is 11.8 Å². The monoisotopic (exact) mass is 258 g/mol. The number of alkyl halides is 4. The van der Waals surface area contributed by atoms with E-state index in [-0.39, 0.29) is 11.8 Å². The van der Waals surface area contributed by atoms with Crippen molar-refractivity contribution >= 4 is 15.9 Å². The van der Waals surface area contributed by atoms with Crippen molar-refractivity contribution in [3.63, 3.8) is 0 Å². The smallest absolute Gasteiger partial charge is 0.171 e. The first-order valence-corrected chi connectivity index (χ1v) is 5.62. The summed E-state index contributed by atoms with van der Waals surface area (Å²) in [6, 6.07) is 0. The third-order valence-electron chi connectivity index (χ3n) is 2.93. The maximum absolute atomic E-state index is 11.8. The van der Waals surface area contributed by atoms with Crippen molar-refractivity contribution < 1.29 is 13.2 Å². The van der Waals surface area contributed by atoms with E-state index < -0.39 is 12.6 Å². The highest BCUT2D eigenvalue weighted by Gasteiger charge is 2.48. The first-order valence-electron chi connectivity index (χ1n) is 4.50. The minimum Gasteiger partial charge on any atom is -0.171 e. The zero-order chi connectivity index (χ0) is 10.1. The molecule has 0 radical (unpaired) electrons. The van der Waals surface area contributed by atoms with Gasteiger partial charge in [-0.05, 0) is 30.6 Å². The Morgan fingerprint density at radius 3 is 2.46 bits per heavy atom. The van der Waals surface area contributed by atoms with Gasteiger partial charge in [0.15, 0.2) is 0 Å². The van der Waals surface area contributed by atoms with Crippen LogP contribution in [0.1, 0.15) is 32.6 Å². The molecule has 0 heterocycles. The Kier molecular flexibility index (Phi) is 3.31. The van der Waals surface area contributed by atoms with E-state index in [4.69, 9.17) is 0 Å². The van der Waals surface area contributed by atoms with E-state index in [1.807, 2.05) is 0 Å². The summed E-state index contributed by atoms with van der Waals surface area (Å²) in [5.74, 6) is 0.598. The lowest BCUT2D eigenvalue weighted by Crippen LogP contribution is -2.08. The van der Waals surface area contributed by atoms with Crippen molar-refractivity contribution in [2.75, 3.05) is 5.33 Å². The molecule has 13 heavy (non-hydrogen) atoms. The van der Waals surface area contributed by atoms with Crippen LogP contribution in [0.3, 0.4) is 0 Å². The van der Waals surface area contributed by atoms with Crippen LogP contribution in [0.4, 0.5) is 13.2 Å². The van der Waals surface area contributed by atoms with Gasteiger partial charge in [0.05, 0.1) is 0 Å². The van der Waals surface area contributed by atoms with Crippen LogP contribution in [0.15, 0.2) is 0 Å². The summed E-state index contributed by atoms with van der Waals surface area (Å²) in [6.45, 7) is 2.08. The van der Waals surface area contributed by atoms with Crippen molar-refractivity contribution in [2.24, 2.45) is 11.3 Å². The normalized spacial score (nSPS) is 33.5. The van der Waals surface area contributed by atoms with Gasteiger partial charge < -0.3 is 0 Å². The number of rotatable bonds is 4. The van der Waals surface area contributed by atoms with E-state index in [2.05, 4.69) is 22.9 Å². The first-order chi connectivity index (χ1) is 5.87. The molecule has 0 aromatic rings. The highest BCUT2D eigenvalue weighted by Crippen LogP contribution is 2.56. The van der Waals surface area contributed by atoms with E-state index >= 15 is 0 Å². The van der Waals surface area contributed by atoms with Crippen LogP contribution >= 0.6 is 15.9 Å². The molecular weight excluding hydrogens is 245 g/mol. The maximum Gasteiger partial charge on any atom is 0.389 e. The molecular formula is C9H14BrF3. The first kappa shape index (κ1) is 11.3. The summed E-state index contributed by atoms with van der Waals surface area (Å²) in [5.41, 5.74) is 0.189. The third-order valence-corrected chi connectivity index (χ3v) is 3.71. The fourth-order valence-corrected chi connectivity index (χ4v) is 2.75. The fraction of sp³-hybridized carbons (Fsp3) is 1.00. The van der Waals surface area contributed by atoms with Gasteiger partial charge in [-0.3, -0.25) is 0 Å². The maximum atomic E-state index is 11.8. The predicted molar refractivity (Wildman–Crippen MR) is 49.9 cm³/mol. The van der Waals surface area contributed by atoms with E-state index in [0.717, 1.165) is 11.8 Å². The zero-order valence-electron chi connectivity index (χ0n) is 7.62. The van der Waals surface area contributed by atoms with Crippen molar-refractivity contribution in [3.8, 4) is 0 Å². The number of hydrogen-bond donors (Lipinski definition) is 0. The quantitative estimate of drug-likeness (QED) is 0.665. The molecule has 0 N–H and O–H groups in total. The standard InChI is InChI=1S/C9H14BrF3/c1-8(5-7(8)6-10)3-2-4-9(11,12)13/h7H,2-6H2,1H3. The van der Waals surface area contributed by atoms with E-state index in [9.17, 15) is 13.2 Å². The molecule has 2 atom stereocenters. The lowest BCUT2D eigenvalue weighted by Gasteiger charge is -2.11. The average molecular weight is 259 g/mol. The van der Waals surface area contributed by atoms with Gasteiger partial charge >= 0.3 is 6.18 Å². The van der Waals surface area contributed by atoms with Crippen LogP contribution in [0.5, 0.6) is 0 Å². The number of hydrogen-bond acceptors (Lipinski definition) is 0. The topological polar surface area (TPSA) is 0 Å². The predicted octanol–water partition coefficient (Wildman–Crippen LogP) is 4.14. The zero-order valence-corrected chi connectivity index (χ0v) is 9.21. The summed E-state index contributed by atoms with van der Waals surface area (Å²) in [4.78, 5) is 0. The Balaban J connectivity index is 2.14. The molecule has 4 heteroatoms. The minimum absolute atomic E-state index is 0.189. The van der Waals surface area contributed by atoms with Crippen molar-refractivity contribution in [2.45, 2.75) is 38.8 Å². The summed E-state index contributed by atoms with van der Waals surface area (Å²) in [6.07, 6.45) is -2.53. The Bertz CT molecular complexity index is 178. The van der Waals surface area contributed by atoms with Crippen molar-refractivity contribution in [1.82, 2.24) is 0 Å². The van der Waals surface area contributed by atoms with Crippen LogP contribution in [0.25, 0.3) is 0 Å². The highest BCUT2D eigenvalue weighted by molar-refractivity contribution is 9.09. The van der Waals surface area contributed by atoms with Gasteiger partial charge in [-0.2, -0.15) is 13.2 Å². The lowest BCUT2D eigenvalue weighted by atomic mass is 9.99. The second-order valence-electron chi connectivity index (χ2n) is 4.18. The molecule has 0 aliphatic heterocycles. The average Bonchev–Trinajstić information content (AvgIpc) is 2.59. The molecule has 0 nitrogen and oxygen atoms in total. The number of halogens is 4. The summed E-state index contributed by atoms with van der Waals surface area (Å²) in [5, 5.41) is 0.926. The Morgan fingerprint density at radius 2 is 2.08 bits per heavy atom. The molecule has 0 aromatic carbocycles. The molecule has 0 bridgehead atoms. The molecule has 0 amide bonds. The molecule has 1 fully saturated rings. The van der Waals surface area contributed by atoms with Gasteiger partial charge in [-0.25, -0.2) is 0 Å². The van der Waals surface area contributed by atoms with Gasteiger partial charge in [0.1, 0.15) is 0 Å². The second kappa shape index (κ2) is 3.79. The fourth-order valence-electron chi connectivity index (χ4n) is 1.74. The Morgan fingerprint density at radius 1 is 1.46 bits per heavy atom. The molecule has 0 aromatic heterocycles. The molecule has 0 saturated heterocycles. The van der Waals surface area contributed by atoms with Gasteiger partial charge in [0.2, 0.25) is 0 Å². The van der Waals surface area contributed by atoms with Crippen LogP contribution < -0.4 is 0 Å². The third kappa shape index (κ3) is 3.49. The van der Waals surface area contributed by atoms with Crippen LogP contribution in [0, 0.1) is 11.3 Å². The molecule has 1 saturated carbocycles. The minimum atomic E-state index is -3.98. The molecule has 1 aliphatic rings. The Labute approximate surface area is 85.0 Å². The van der Waals surface area contributed by atoms with Gasteiger partial charge in [-0.1, -0.05) is 22.9 Å². The second-order valence-corrected chi connectivity index (χ2v) is 4.83. The van der Waals surface area contributed by atoms with Crippen LogP contribution in [0.2, 0.25) is 0 Å². The molecule has 2 unspecified atom stereocenters. The van der Waals surface area contributed by atoms with Crippen LogP contribution in [-0.2, 0) is 0 Å². The van der Waals surface area contributed by atoms with E-state index in [1.165, 1.54) is 0 Å². The largest absolute Gasteiger partial charge is 0.389 e. The summed E-state index contributed by atoms with van der Waals surface area (Å²) in [7, 11) is 0. The highest BCUT2D eigenvalue weighted by atomic mass is 79.9. The molecule has 0 spiro atoms. The van der Waals surface area contributed by atoms with Crippen LogP contribution in [-0.4, -0.2) is 11.5 Å². The SMILES string of the molecule is CC1(CCCC(F)(F)F)CC1CBr. The van der Waals surface area contributed by atoms with E-state index in [0.29, 0.717) is 12.3 Å². The Hall–Kier alpha value is 0.270. The molecule has 1 rings (SSSR count). The molecule has 1 aliphatic carbocycles. The lowest BCUT2D eigenvalue weighted by molar-refractivity contribution is -0.136. The molecule has 78 valence electrons. The van der Waals surface area contributed by atoms with E-state index in [1.54, 1.807) is 0 Å². The van der Waals surface area contributed by atoms with Gasteiger partial charge in [0.25, 0.3) is 0 Å².